The molecule has 0 amide bonds. The normalized spacial score (nSPS) is 14.1. The highest BCUT2D eigenvalue weighted by atomic mass is 35.5. The molecule has 1 N–H and O–H groups in total. The van der Waals surface area contributed by atoms with Crippen LogP contribution in [0, 0.1) is 0 Å². The van der Waals surface area contributed by atoms with Gasteiger partial charge in [-0.3, -0.25) is 0 Å². The van der Waals surface area contributed by atoms with E-state index in [1.807, 2.05) is 6.92 Å². The number of halogens is 1. The lowest BCUT2D eigenvalue weighted by atomic mass is 10.1. The van der Waals surface area contributed by atoms with Crippen molar-refractivity contribution in [1.82, 2.24) is 4.72 Å². The highest BCUT2D eigenvalue weighted by Gasteiger charge is 2.15. The van der Waals surface area contributed by atoms with Gasteiger partial charge in [0.1, 0.15) is 0 Å². The van der Waals surface area contributed by atoms with Crippen molar-refractivity contribution < 1.29 is 8.42 Å². The van der Waals surface area contributed by atoms with Gasteiger partial charge in [0, 0.05) is 11.9 Å². The van der Waals surface area contributed by atoms with Gasteiger partial charge in [-0.05, 0) is 25.7 Å². The van der Waals surface area contributed by atoms with Crippen LogP contribution in [0.5, 0.6) is 0 Å². The minimum Gasteiger partial charge on any atom is -0.212 e. The van der Waals surface area contributed by atoms with Crippen LogP contribution in [-0.2, 0) is 10.0 Å². The van der Waals surface area contributed by atoms with Crippen molar-refractivity contribution >= 4 is 21.6 Å². The minimum atomic E-state index is -3.10. The molecule has 0 aromatic heterocycles. The van der Waals surface area contributed by atoms with Crippen LogP contribution in [0.15, 0.2) is 0 Å². The van der Waals surface area contributed by atoms with Crippen LogP contribution in [0.1, 0.15) is 46.0 Å². The molecule has 0 saturated heterocycles. The van der Waals surface area contributed by atoms with Gasteiger partial charge in [0.2, 0.25) is 10.0 Å². The molecular weight excluding hydrogens is 234 g/mol. The average Bonchev–Trinajstić information content (AvgIpc) is 2.17. The van der Waals surface area contributed by atoms with E-state index in [0.29, 0.717) is 12.3 Å². The maximum absolute atomic E-state index is 11.6. The molecule has 0 aliphatic rings. The Labute approximate surface area is 98.6 Å². The first-order valence-electron chi connectivity index (χ1n) is 5.61. The van der Waals surface area contributed by atoms with Gasteiger partial charge in [-0.1, -0.05) is 20.3 Å². The van der Waals surface area contributed by atoms with Crippen molar-refractivity contribution in [2.24, 2.45) is 0 Å². The summed E-state index contributed by atoms with van der Waals surface area (Å²) in [4.78, 5) is 0. The van der Waals surface area contributed by atoms with Gasteiger partial charge in [0.25, 0.3) is 0 Å². The lowest BCUT2D eigenvalue weighted by Gasteiger charge is -2.15. The van der Waals surface area contributed by atoms with E-state index in [-0.39, 0.29) is 11.8 Å². The maximum Gasteiger partial charge on any atom is 0.211 e. The van der Waals surface area contributed by atoms with Gasteiger partial charge in [-0.15, -0.1) is 11.6 Å². The molecule has 0 heterocycles. The second kappa shape index (κ2) is 8.36. The molecule has 92 valence electrons. The van der Waals surface area contributed by atoms with E-state index in [2.05, 4.69) is 11.6 Å². The summed E-state index contributed by atoms with van der Waals surface area (Å²) in [5.74, 6) is 0.724. The molecule has 0 saturated carbocycles. The van der Waals surface area contributed by atoms with Crippen molar-refractivity contribution in [2.75, 3.05) is 11.6 Å². The zero-order valence-corrected chi connectivity index (χ0v) is 11.2. The fourth-order valence-electron chi connectivity index (χ4n) is 1.39. The summed E-state index contributed by atoms with van der Waals surface area (Å²) in [6, 6.07) is 0.0935. The first-order valence-corrected chi connectivity index (χ1v) is 7.80. The summed E-state index contributed by atoms with van der Waals surface area (Å²) >= 11 is 5.50. The molecule has 15 heavy (non-hydrogen) atoms. The first kappa shape index (κ1) is 15.2. The predicted octanol–water partition coefficient (Wildman–Crippen LogP) is 2.50. The van der Waals surface area contributed by atoms with Crippen LogP contribution in [0.3, 0.4) is 0 Å². The van der Waals surface area contributed by atoms with Crippen molar-refractivity contribution in [3.05, 3.63) is 0 Å². The van der Waals surface area contributed by atoms with Gasteiger partial charge >= 0.3 is 0 Å². The van der Waals surface area contributed by atoms with Crippen molar-refractivity contribution in [1.29, 1.82) is 0 Å². The molecule has 0 spiro atoms. The Kier molecular flexibility index (Phi) is 8.47. The molecule has 0 aromatic rings. The highest BCUT2D eigenvalue weighted by Crippen LogP contribution is 2.04. The Morgan fingerprint density at radius 2 is 1.93 bits per heavy atom. The number of hydrogen-bond acceptors (Lipinski definition) is 2. The third-order valence-electron chi connectivity index (χ3n) is 2.27. The molecule has 3 nitrogen and oxygen atoms in total. The zero-order valence-electron chi connectivity index (χ0n) is 9.63. The molecule has 0 radical (unpaired) electrons. The van der Waals surface area contributed by atoms with Gasteiger partial charge in [-0.2, -0.15) is 0 Å². The van der Waals surface area contributed by atoms with Crippen molar-refractivity contribution in [2.45, 2.75) is 52.0 Å². The van der Waals surface area contributed by atoms with E-state index >= 15 is 0 Å². The molecule has 5 heteroatoms. The fourth-order valence-corrected chi connectivity index (χ4v) is 3.08. The number of hydrogen-bond donors (Lipinski definition) is 1. The second-order valence-electron chi connectivity index (χ2n) is 3.73. The monoisotopic (exact) mass is 255 g/mol. The largest absolute Gasteiger partial charge is 0.212 e. The van der Waals surface area contributed by atoms with Gasteiger partial charge in [0.05, 0.1) is 5.75 Å². The molecule has 0 rings (SSSR count). The molecule has 0 bridgehead atoms. The lowest BCUT2D eigenvalue weighted by molar-refractivity contribution is 0.511. The minimum absolute atomic E-state index is 0.0935. The van der Waals surface area contributed by atoms with Gasteiger partial charge < -0.3 is 0 Å². The van der Waals surface area contributed by atoms with E-state index in [1.54, 1.807) is 0 Å². The highest BCUT2D eigenvalue weighted by molar-refractivity contribution is 7.89. The molecule has 0 aromatic carbocycles. The molecule has 0 aliphatic carbocycles. The van der Waals surface area contributed by atoms with Gasteiger partial charge in [0.15, 0.2) is 0 Å². The van der Waals surface area contributed by atoms with E-state index < -0.39 is 10.0 Å². The van der Waals surface area contributed by atoms with Crippen molar-refractivity contribution in [3.63, 3.8) is 0 Å². The Morgan fingerprint density at radius 1 is 1.27 bits per heavy atom. The summed E-state index contributed by atoms with van der Waals surface area (Å²) in [6.07, 6.45) is 4.16. The molecule has 1 atom stereocenters. The van der Waals surface area contributed by atoms with Crippen molar-refractivity contribution in [3.8, 4) is 0 Å². The number of unbranched alkanes of at least 4 members (excludes halogenated alkanes) is 1. The number of rotatable bonds is 9. The Bertz CT molecular complexity index is 242. The Morgan fingerprint density at radius 3 is 2.40 bits per heavy atom. The van der Waals surface area contributed by atoms with E-state index in [1.165, 1.54) is 0 Å². The molecule has 0 aliphatic heterocycles. The number of nitrogens with one attached hydrogen (secondary N) is 1. The average molecular weight is 256 g/mol. The van der Waals surface area contributed by atoms with E-state index in [9.17, 15) is 8.42 Å². The standard InChI is InChI=1S/C10H22ClNO2S/c1-3-7-10(4-2)12-15(13,14)9-6-5-8-11/h10,12H,3-9H2,1-2H3. The van der Waals surface area contributed by atoms with Crippen LogP contribution >= 0.6 is 11.6 Å². The van der Waals surface area contributed by atoms with Crippen LogP contribution in [0.2, 0.25) is 0 Å². The smallest absolute Gasteiger partial charge is 0.211 e. The van der Waals surface area contributed by atoms with E-state index in [0.717, 1.165) is 25.7 Å². The summed E-state index contributed by atoms with van der Waals surface area (Å²) in [5, 5.41) is 0. The van der Waals surface area contributed by atoms with Crippen LogP contribution in [0.25, 0.3) is 0 Å². The van der Waals surface area contributed by atoms with Crippen LogP contribution in [-0.4, -0.2) is 26.1 Å². The predicted molar refractivity (Wildman–Crippen MR) is 65.9 cm³/mol. The molecule has 0 fully saturated rings. The summed E-state index contributed by atoms with van der Waals surface area (Å²) < 4.78 is 25.9. The fraction of sp³-hybridized carbons (Fsp3) is 1.00. The summed E-state index contributed by atoms with van der Waals surface area (Å²) in [5.41, 5.74) is 0. The summed E-state index contributed by atoms with van der Waals surface area (Å²) in [7, 11) is -3.10. The van der Waals surface area contributed by atoms with Crippen LogP contribution in [0.4, 0.5) is 0 Å². The summed E-state index contributed by atoms with van der Waals surface area (Å²) in [6.45, 7) is 4.06. The maximum atomic E-state index is 11.6. The topological polar surface area (TPSA) is 46.2 Å². The Hall–Kier alpha value is 0.200. The molecular formula is C10H22ClNO2S. The van der Waals surface area contributed by atoms with Crippen LogP contribution < -0.4 is 4.72 Å². The van der Waals surface area contributed by atoms with Gasteiger partial charge in [-0.25, -0.2) is 13.1 Å². The van der Waals surface area contributed by atoms with E-state index in [4.69, 9.17) is 11.6 Å². The number of sulfonamides is 1. The second-order valence-corrected chi connectivity index (χ2v) is 5.98. The lowest BCUT2D eigenvalue weighted by Crippen LogP contribution is -2.35. The Balaban J connectivity index is 3.99. The third kappa shape index (κ3) is 8.05. The third-order valence-corrected chi connectivity index (χ3v) is 4.06. The quantitative estimate of drug-likeness (QED) is 0.508. The SMILES string of the molecule is CCCC(CC)NS(=O)(=O)CCCCCl. The molecule has 1 unspecified atom stereocenters. The zero-order chi connectivity index (χ0) is 11.7. The number of alkyl halides is 1. The first-order chi connectivity index (χ1) is 7.05.